The number of halogens is 2. The fraction of sp³-hybridized carbons (Fsp3) is 0.571. The predicted octanol–water partition coefficient (Wildman–Crippen LogP) is 4.47. The highest BCUT2D eigenvalue weighted by molar-refractivity contribution is 7.07. The Morgan fingerprint density at radius 3 is 2.70 bits per heavy atom. The summed E-state index contributed by atoms with van der Waals surface area (Å²) in [4.78, 5) is 9.60. The Labute approximate surface area is 163 Å². The molecule has 3 aliphatic heterocycles. The van der Waals surface area contributed by atoms with E-state index >= 15 is 0 Å². The van der Waals surface area contributed by atoms with Crippen LogP contribution in [0.25, 0.3) is 0 Å². The van der Waals surface area contributed by atoms with Crippen LogP contribution in [0, 0.1) is 23.5 Å². The van der Waals surface area contributed by atoms with Gasteiger partial charge in [-0.3, -0.25) is 9.80 Å². The van der Waals surface area contributed by atoms with Crippen molar-refractivity contribution in [1.29, 1.82) is 0 Å². The number of likely N-dealkylation sites (tertiary alicyclic amines) is 1. The molecule has 3 saturated heterocycles. The maximum atomic E-state index is 13.8. The number of nitrogens with zero attached hydrogens (tertiary/aromatic N) is 3. The van der Waals surface area contributed by atoms with Gasteiger partial charge in [0.05, 0.1) is 11.2 Å². The molecule has 2 aromatic rings. The van der Waals surface area contributed by atoms with E-state index in [1.165, 1.54) is 30.7 Å². The summed E-state index contributed by atoms with van der Waals surface area (Å²) in [6.45, 7) is 4.19. The van der Waals surface area contributed by atoms with Gasteiger partial charge in [0.2, 0.25) is 0 Å². The third-order valence-electron chi connectivity index (χ3n) is 6.60. The smallest absolute Gasteiger partial charge is 0.126 e. The first-order valence-corrected chi connectivity index (χ1v) is 10.9. The van der Waals surface area contributed by atoms with Crippen LogP contribution in [0.3, 0.4) is 0 Å². The first kappa shape index (κ1) is 17.7. The van der Waals surface area contributed by atoms with Gasteiger partial charge in [0.15, 0.2) is 0 Å². The summed E-state index contributed by atoms with van der Waals surface area (Å²) in [6.07, 6.45) is 4.63. The summed E-state index contributed by atoms with van der Waals surface area (Å²) in [6, 6.07) is 4.74. The van der Waals surface area contributed by atoms with E-state index in [9.17, 15) is 8.78 Å². The number of hydrogen-bond acceptors (Lipinski definition) is 4. The van der Waals surface area contributed by atoms with Gasteiger partial charge < -0.3 is 0 Å². The van der Waals surface area contributed by atoms with Gasteiger partial charge in [0.25, 0.3) is 0 Å². The van der Waals surface area contributed by atoms with Crippen LogP contribution in [0.5, 0.6) is 0 Å². The molecule has 0 radical (unpaired) electrons. The van der Waals surface area contributed by atoms with Crippen molar-refractivity contribution < 1.29 is 8.78 Å². The summed E-state index contributed by atoms with van der Waals surface area (Å²) < 4.78 is 27.6. The van der Waals surface area contributed by atoms with E-state index in [0.717, 1.165) is 50.7 Å². The molecule has 0 spiro atoms. The Hall–Kier alpha value is -1.37. The van der Waals surface area contributed by atoms with E-state index < -0.39 is 11.6 Å². The van der Waals surface area contributed by atoms with Crippen molar-refractivity contribution in [3.63, 3.8) is 0 Å². The monoisotopic (exact) mass is 389 g/mol. The van der Waals surface area contributed by atoms with Crippen LogP contribution in [-0.4, -0.2) is 40.5 Å². The number of benzene rings is 1. The number of fused-ring (bicyclic) bond motifs is 4. The first-order chi connectivity index (χ1) is 13.2. The lowest BCUT2D eigenvalue weighted by Gasteiger charge is -2.55. The second-order valence-electron chi connectivity index (χ2n) is 8.45. The average molecular weight is 390 g/mol. The van der Waals surface area contributed by atoms with Crippen LogP contribution < -0.4 is 0 Å². The second-order valence-corrected chi connectivity index (χ2v) is 9.17. The molecule has 0 saturated carbocycles. The largest absolute Gasteiger partial charge is 0.297 e. The second kappa shape index (κ2) is 7.22. The molecular weight excluding hydrogens is 364 g/mol. The standard InChI is InChI=1S/C21H25F2N3S/c22-17-5-15(6-18(23)7-17)20-2-1-3-21-16-4-14(9-26(20)21)8-25(10-16)11-19-12-27-13-24-19/h5-7,12-14,16,20-21H,1-4,8-11H2/t14-,16+,20+,21-/m0/s1. The third-order valence-corrected chi connectivity index (χ3v) is 7.24. The van der Waals surface area contributed by atoms with Gasteiger partial charge in [0, 0.05) is 49.7 Å². The summed E-state index contributed by atoms with van der Waals surface area (Å²) in [5.74, 6) is 0.368. The minimum absolute atomic E-state index is 0.157. The van der Waals surface area contributed by atoms with Crippen LogP contribution >= 0.6 is 11.3 Å². The normalized spacial score (nSPS) is 31.6. The zero-order valence-electron chi connectivity index (χ0n) is 15.4. The van der Waals surface area contributed by atoms with Crippen molar-refractivity contribution >= 4 is 11.3 Å². The minimum atomic E-state index is -0.459. The number of rotatable bonds is 3. The molecule has 27 heavy (non-hydrogen) atoms. The maximum Gasteiger partial charge on any atom is 0.126 e. The van der Waals surface area contributed by atoms with Gasteiger partial charge in [-0.25, -0.2) is 13.8 Å². The van der Waals surface area contributed by atoms with Crippen molar-refractivity contribution in [2.24, 2.45) is 11.8 Å². The predicted molar refractivity (Wildman–Crippen MR) is 102 cm³/mol. The number of hydrogen-bond donors (Lipinski definition) is 0. The lowest BCUT2D eigenvalue weighted by molar-refractivity contribution is -0.0594. The van der Waals surface area contributed by atoms with E-state index in [1.54, 1.807) is 11.3 Å². The van der Waals surface area contributed by atoms with E-state index in [-0.39, 0.29) is 6.04 Å². The van der Waals surface area contributed by atoms with Gasteiger partial charge >= 0.3 is 0 Å². The quantitative estimate of drug-likeness (QED) is 0.772. The van der Waals surface area contributed by atoms with Crippen molar-refractivity contribution in [3.8, 4) is 0 Å². The molecule has 4 heterocycles. The Bertz CT molecular complexity index is 776. The fourth-order valence-corrected chi connectivity index (χ4v) is 6.26. The Morgan fingerprint density at radius 2 is 1.93 bits per heavy atom. The van der Waals surface area contributed by atoms with Crippen LogP contribution in [-0.2, 0) is 6.54 Å². The molecule has 5 rings (SSSR count). The van der Waals surface area contributed by atoms with E-state index in [2.05, 4.69) is 20.2 Å². The van der Waals surface area contributed by atoms with Gasteiger partial charge in [-0.2, -0.15) is 0 Å². The third kappa shape index (κ3) is 3.55. The maximum absolute atomic E-state index is 13.8. The highest BCUT2D eigenvalue weighted by atomic mass is 32.1. The SMILES string of the molecule is Fc1cc(F)cc([C@H]2CCC[C@H]3[C@@H]4C[C@@H](CN(Cc5cscn5)C4)CN23)c1. The first-order valence-electron chi connectivity index (χ1n) is 9.97. The zero-order chi connectivity index (χ0) is 18.4. The summed E-state index contributed by atoms with van der Waals surface area (Å²) >= 11 is 1.66. The van der Waals surface area contributed by atoms with Gasteiger partial charge in [0.1, 0.15) is 11.6 Å². The highest BCUT2D eigenvalue weighted by Gasteiger charge is 2.45. The molecule has 3 nitrogen and oxygen atoms in total. The fourth-order valence-electron chi connectivity index (χ4n) is 5.71. The van der Waals surface area contributed by atoms with Gasteiger partial charge in [-0.1, -0.05) is 0 Å². The van der Waals surface area contributed by atoms with Crippen LogP contribution in [0.2, 0.25) is 0 Å². The Balaban J connectivity index is 1.36. The van der Waals surface area contributed by atoms with Gasteiger partial charge in [-0.15, -0.1) is 11.3 Å². The summed E-state index contributed by atoms with van der Waals surface area (Å²) in [5, 5.41) is 2.14. The minimum Gasteiger partial charge on any atom is -0.297 e. The molecule has 3 fully saturated rings. The molecule has 3 aliphatic rings. The molecule has 144 valence electrons. The van der Waals surface area contributed by atoms with Crippen LogP contribution in [0.4, 0.5) is 8.78 Å². The molecule has 0 aliphatic carbocycles. The summed E-state index contributed by atoms with van der Waals surface area (Å²) in [7, 11) is 0. The molecule has 2 bridgehead atoms. The molecule has 0 unspecified atom stereocenters. The van der Waals surface area contributed by atoms with Crippen molar-refractivity contribution in [1.82, 2.24) is 14.8 Å². The molecular formula is C21H25F2N3S. The topological polar surface area (TPSA) is 19.4 Å². The Morgan fingerprint density at radius 1 is 1.07 bits per heavy atom. The molecule has 6 heteroatoms. The zero-order valence-corrected chi connectivity index (χ0v) is 16.2. The van der Waals surface area contributed by atoms with Gasteiger partial charge in [-0.05, 0) is 55.2 Å². The van der Waals surface area contributed by atoms with E-state index in [4.69, 9.17) is 0 Å². The highest BCUT2D eigenvalue weighted by Crippen LogP contribution is 2.44. The number of piperidine rings is 3. The van der Waals surface area contributed by atoms with E-state index in [1.807, 2.05) is 5.51 Å². The number of aromatic nitrogens is 1. The number of thiazole rings is 1. The molecule has 1 aromatic heterocycles. The van der Waals surface area contributed by atoms with Crippen molar-refractivity contribution in [2.75, 3.05) is 19.6 Å². The molecule has 0 amide bonds. The van der Waals surface area contributed by atoms with Crippen molar-refractivity contribution in [3.05, 3.63) is 52.0 Å². The van der Waals surface area contributed by atoms with Crippen LogP contribution in [0.15, 0.2) is 29.1 Å². The molecule has 4 atom stereocenters. The van der Waals surface area contributed by atoms with Crippen molar-refractivity contribution in [2.45, 2.75) is 44.3 Å². The molecule has 1 aromatic carbocycles. The molecule has 0 N–H and O–H groups in total. The summed E-state index contributed by atoms with van der Waals surface area (Å²) in [5.41, 5.74) is 3.90. The lowest BCUT2D eigenvalue weighted by atomic mass is 9.74. The van der Waals surface area contributed by atoms with Crippen LogP contribution in [0.1, 0.15) is 43.0 Å². The average Bonchev–Trinajstić information content (AvgIpc) is 3.13. The Kier molecular flexibility index (Phi) is 4.74. The lowest BCUT2D eigenvalue weighted by Crippen LogP contribution is -2.59. The van der Waals surface area contributed by atoms with E-state index in [0.29, 0.717) is 17.9 Å².